The number of rotatable bonds is 8. The highest BCUT2D eigenvalue weighted by atomic mass is 32.1. The molecule has 7 heteroatoms. The molecule has 6 nitrogen and oxygen atoms in total. The second-order valence-electron chi connectivity index (χ2n) is 7.89. The average molecular weight is 451 g/mol. The first-order chi connectivity index (χ1) is 15.5. The summed E-state index contributed by atoms with van der Waals surface area (Å²) in [5.41, 5.74) is 2.96. The predicted molar refractivity (Wildman–Crippen MR) is 124 cm³/mol. The topological polar surface area (TPSA) is 70.1 Å². The van der Waals surface area contributed by atoms with Crippen LogP contribution in [-0.2, 0) is 13.0 Å². The van der Waals surface area contributed by atoms with Crippen molar-refractivity contribution in [3.63, 3.8) is 0 Å². The lowest BCUT2D eigenvalue weighted by atomic mass is 9.99. The zero-order chi connectivity index (χ0) is 22.5. The molecule has 2 aromatic carbocycles. The Hall–Kier alpha value is -3.32. The maximum Gasteiger partial charge on any atom is 0.407 e. The Bertz CT molecular complexity index is 1070. The number of hydrogen-bond acceptors (Lipinski definition) is 4. The summed E-state index contributed by atoms with van der Waals surface area (Å²) in [4.78, 5) is 28.1. The molecule has 2 amide bonds. The molecule has 0 saturated carbocycles. The van der Waals surface area contributed by atoms with Gasteiger partial charge in [-0.25, -0.2) is 4.79 Å². The van der Waals surface area contributed by atoms with Gasteiger partial charge in [0.25, 0.3) is 5.91 Å². The molecule has 1 aromatic heterocycles. The molecule has 0 saturated heterocycles. The molecular formula is C25H26N2O4S. The van der Waals surface area contributed by atoms with Gasteiger partial charge in [-0.05, 0) is 47.2 Å². The lowest BCUT2D eigenvalue weighted by Gasteiger charge is -2.28. The van der Waals surface area contributed by atoms with Crippen molar-refractivity contribution in [3.05, 3.63) is 87.6 Å². The van der Waals surface area contributed by atoms with Gasteiger partial charge in [0.05, 0.1) is 0 Å². The number of fused-ring (bicyclic) bond motifs is 1. The highest BCUT2D eigenvalue weighted by Gasteiger charge is 2.24. The average Bonchev–Trinajstić information content (AvgIpc) is 3.34. The molecule has 0 fully saturated rings. The summed E-state index contributed by atoms with van der Waals surface area (Å²) < 4.78 is 6.21. The second-order valence-corrected chi connectivity index (χ2v) is 8.87. The van der Waals surface area contributed by atoms with E-state index < -0.39 is 6.09 Å². The van der Waals surface area contributed by atoms with Crippen molar-refractivity contribution in [2.75, 3.05) is 20.1 Å². The highest BCUT2D eigenvalue weighted by molar-refractivity contribution is 7.10. The van der Waals surface area contributed by atoms with E-state index in [1.807, 2.05) is 70.9 Å². The van der Waals surface area contributed by atoms with Crippen molar-refractivity contribution < 1.29 is 19.4 Å². The molecule has 1 N–H and O–H groups in total. The van der Waals surface area contributed by atoms with Gasteiger partial charge in [-0.15, -0.1) is 11.3 Å². The Balaban J connectivity index is 1.40. The number of hydrogen-bond donors (Lipinski definition) is 1. The minimum absolute atomic E-state index is 0.0764. The molecule has 2 heterocycles. The predicted octanol–water partition coefficient (Wildman–Crippen LogP) is 5.07. The monoisotopic (exact) mass is 450 g/mol. The van der Waals surface area contributed by atoms with Crippen LogP contribution in [0.25, 0.3) is 0 Å². The maximum atomic E-state index is 12.8. The van der Waals surface area contributed by atoms with Crippen LogP contribution in [0, 0.1) is 0 Å². The Morgan fingerprint density at radius 3 is 2.66 bits per heavy atom. The molecule has 32 heavy (non-hydrogen) atoms. The third-order valence-corrected chi connectivity index (χ3v) is 6.64. The molecule has 0 aliphatic carbocycles. The van der Waals surface area contributed by atoms with Gasteiger partial charge in [0, 0.05) is 43.5 Å². The van der Waals surface area contributed by atoms with Crippen molar-refractivity contribution in [1.82, 2.24) is 9.80 Å². The number of ether oxygens (including phenoxy) is 1. The van der Waals surface area contributed by atoms with Crippen LogP contribution in [0.2, 0.25) is 0 Å². The summed E-state index contributed by atoms with van der Waals surface area (Å²) in [6.07, 6.45) is 0.264. The van der Waals surface area contributed by atoms with Crippen LogP contribution in [0.3, 0.4) is 0 Å². The van der Waals surface area contributed by atoms with Crippen LogP contribution >= 0.6 is 11.3 Å². The van der Waals surface area contributed by atoms with E-state index in [0.29, 0.717) is 26.1 Å². The number of benzene rings is 2. The van der Waals surface area contributed by atoms with Crippen molar-refractivity contribution in [3.8, 4) is 5.75 Å². The van der Waals surface area contributed by atoms with Gasteiger partial charge in [0.2, 0.25) is 0 Å². The molecule has 0 radical (unpaired) electrons. The second kappa shape index (κ2) is 9.87. The molecule has 1 aliphatic heterocycles. The maximum absolute atomic E-state index is 12.8. The van der Waals surface area contributed by atoms with E-state index in [2.05, 4.69) is 0 Å². The van der Waals surface area contributed by atoms with E-state index >= 15 is 0 Å². The zero-order valence-electron chi connectivity index (χ0n) is 17.9. The van der Waals surface area contributed by atoms with E-state index in [4.69, 9.17) is 9.84 Å². The summed E-state index contributed by atoms with van der Waals surface area (Å²) in [5, 5.41) is 11.1. The molecule has 0 spiro atoms. The summed E-state index contributed by atoms with van der Waals surface area (Å²) in [5.74, 6) is 0.799. The van der Waals surface area contributed by atoms with Crippen LogP contribution in [0.5, 0.6) is 5.75 Å². The van der Waals surface area contributed by atoms with Crippen LogP contribution in [-0.4, -0.2) is 47.0 Å². The van der Waals surface area contributed by atoms with Gasteiger partial charge in [-0.2, -0.15) is 0 Å². The number of nitrogens with zero attached hydrogens (tertiary/aromatic N) is 2. The van der Waals surface area contributed by atoms with Gasteiger partial charge < -0.3 is 19.6 Å². The quantitative estimate of drug-likeness (QED) is 0.520. The molecular weight excluding hydrogens is 424 g/mol. The van der Waals surface area contributed by atoms with Gasteiger partial charge in [0.15, 0.2) is 0 Å². The van der Waals surface area contributed by atoms with Crippen LogP contribution in [0.1, 0.15) is 38.9 Å². The molecule has 0 bridgehead atoms. The fourth-order valence-electron chi connectivity index (χ4n) is 3.82. The van der Waals surface area contributed by atoms with Crippen molar-refractivity contribution in [1.29, 1.82) is 0 Å². The molecule has 0 unspecified atom stereocenters. The Morgan fingerprint density at radius 2 is 1.94 bits per heavy atom. The molecule has 1 atom stereocenters. The minimum atomic E-state index is -0.950. The van der Waals surface area contributed by atoms with E-state index in [-0.39, 0.29) is 12.0 Å². The minimum Gasteiger partial charge on any atom is -0.485 e. The molecule has 166 valence electrons. The van der Waals surface area contributed by atoms with Gasteiger partial charge in [-0.3, -0.25) is 4.79 Å². The summed E-state index contributed by atoms with van der Waals surface area (Å²) in [6.45, 7) is 1.66. The van der Waals surface area contributed by atoms with E-state index in [1.165, 1.54) is 4.90 Å². The fraction of sp³-hybridized carbons (Fsp3) is 0.280. The third kappa shape index (κ3) is 5.11. The summed E-state index contributed by atoms with van der Waals surface area (Å²) in [7, 11) is 1.56. The molecule has 3 aromatic rings. The van der Waals surface area contributed by atoms with Gasteiger partial charge in [-0.1, -0.05) is 36.4 Å². The first-order valence-corrected chi connectivity index (χ1v) is 11.5. The summed E-state index contributed by atoms with van der Waals surface area (Å²) >= 11 is 1.60. The van der Waals surface area contributed by atoms with Crippen molar-refractivity contribution >= 4 is 23.3 Å². The lowest BCUT2D eigenvalue weighted by Crippen LogP contribution is -2.36. The van der Waals surface area contributed by atoms with Crippen molar-refractivity contribution in [2.45, 2.75) is 25.5 Å². The standard InChI is InChI=1S/C25H26N2O4S/c1-26(25(29)30)14-13-22(23-7-4-16-32-23)31-20-10-8-18(9-11-20)17-27-15-12-19-5-2-3-6-21(19)24(27)28/h2-11,16,22H,12-15,17H2,1H3,(H,29,30)/t22-/m0/s1. The number of thiophene rings is 1. The number of carboxylic acid groups (broad SMARTS) is 1. The van der Waals surface area contributed by atoms with Crippen LogP contribution in [0.15, 0.2) is 66.0 Å². The zero-order valence-corrected chi connectivity index (χ0v) is 18.8. The lowest BCUT2D eigenvalue weighted by molar-refractivity contribution is 0.0727. The van der Waals surface area contributed by atoms with Crippen LogP contribution < -0.4 is 4.74 Å². The SMILES string of the molecule is CN(CC[C@H](Oc1ccc(CN2CCc3ccccc3C2=O)cc1)c1cccs1)C(=O)O. The smallest absolute Gasteiger partial charge is 0.407 e. The summed E-state index contributed by atoms with van der Waals surface area (Å²) in [6, 6.07) is 19.6. The van der Waals surface area contributed by atoms with Crippen molar-refractivity contribution in [2.24, 2.45) is 0 Å². The van der Waals surface area contributed by atoms with Crippen LogP contribution in [0.4, 0.5) is 4.79 Å². The number of amides is 2. The Morgan fingerprint density at radius 1 is 1.16 bits per heavy atom. The van der Waals surface area contributed by atoms with E-state index in [1.54, 1.807) is 18.4 Å². The largest absolute Gasteiger partial charge is 0.485 e. The first kappa shape index (κ1) is 21.9. The highest BCUT2D eigenvalue weighted by Crippen LogP contribution is 2.29. The van der Waals surface area contributed by atoms with E-state index in [9.17, 15) is 9.59 Å². The molecule has 4 rings (SSSR count). The fourth-order valence-corrected chi connectivity index (χ4v) is 4.61. The normalized spacial score (nSPS) is 14.0. The first-order valence-electron chi connectivity index (χ1n) is 10.6. The Labute approximate surface area is 191 Å². The number of carbonyl (C=O) groups is 2. The third-order valence-electron chi connectivity index (χ3n) is 5.67. The van der Waals surface area contributed by atoms with Gasteiger partial charge in [0.1, 0.15) is 11.9 Å². The molecule has 1 aliphatic rings. The van der Waals surface area contributed by atoms with Gasteiger partial charge >= 0.3 is 6.09 Å². The number of carbonyl (C=O) groups excluding carboxylic acids is 1. The van der Waals surface area contributed by atoms with E-state index in [0.717, 1.165) is 33.7 Å². The Kier molecular flexibility index (Phi) is 6.75.